The fourth-order valence-corrected chi connectivity index (χ4v) is 4.31. The van der Waals surface area contributed by atoms with Crippen LogP contribution in [0.3, 0.4) is 0 Å². The van der Waals surface area contributed by atoms with Gasteiger partial charge in [-0.05, 0) is 42.5 Å². The number of nitro groups is 1. The molecule has 25 heavy (non-hydrogen) atoms. The highest BCUT2D eigenvalue weighted by Gasteiger charge is 2.27. The Hall–Kier alpha value is -2.41. The molecule has 0 aliphatic heterocycles. The van der Waals surface area contributed by atoms with Crippen LogP contribution >= 0.6 is 0 Å². The summed E-state index contributed by atoms with van der Waals surface area (Å²) in [4.78, 5) is 10.6. The summed E-state index contributed by atoms with van der Waals surface area (Å²) in [5.41, 5.74) is 2.45. The summed E-state index contributed by atoms with van der Waals surface area (Å²) in [6.45, 7) is 0.533. The van der Waals surface area contributed by atoms with Gasteiger partial charge >= 0.3 is 5.69 Å². The average molecular weight is 360 g/mol. The van der Waals surface area contributed by atoms with Crippen LogP contribution in [0.25, 0.3) is 0 Å². The van der Waals surface area contributed by atoms with Crippen LogP contribution in [0.1, 0.15) is 29.9 Å². The smallest absolute Gasteiger partial charge is 0.310 e. The topological polar surface area (TPSA) is 89.3 Å². The monoisotopic (exact) mass is 360 g/mol. The van der Waals surface area contributed by atoms with Gasteiger partial charge in [0.05, 0.1) is 4.92 Å². The SMILES string of the molecule is CS(=O)(=O)c1cccc(NCC2CCCc3ccccc32)c1[N+](=O)[O-]. The van der Waals surface area contributed by atoms with Gasteiger partial charge in [-0.3, -0.25) is 10.1 Å². The Balaban J connectivity index is 1.89. The van der Waals surface area contributed by atoms with Crippen molar-refractivity contribution in [2.45, 2.75) is 30.1 Å². The minimum absolute atomic E-state index is 0.246. The highest BCUT2D eigenvalue weighted by molar-refractivity contribution is 7.90. The number of benzene rings is 2. The van der Waals surface area contributed by atoms with Gasteiger partial charge in [-0.15, -0.1) is 0 Å². The van der Waals surface area contributed by atoms with E-state index in [-0.39, 0.29) is 22.2 Å². The van der Waals surface area contributed by atoms with Crippen molar-refractivity contribution in [3.63, 3.8) is 0 Å². The lowest BCUT2D eigenvalue weighted by Crippen LogP contribution is -2.19. The summed E-state index contributed by atoms with van der Waals surface area (Å²) in [7, 11) is -3.67. The molecule has 1 unspecified atom stereocenters. The second kappa shape index (κ2) is 6.84. The van der Waals surface area contributed by atoms with Crippen molar-refractivity contribution in [1.29, 1.82) is 0 Å². The molecule has 0 heterocycles. The molecule has 0 spiro atoms. The molecule has 0 amide bonds. The highest BCUT2D eigenvalue weighted by atomic mass is 32.2. The third kappa shape index (κ3) is 3.66. The van der Waals surface area contributed by atoms with E-state index in [4.69, 9.17) is 0 Å². The molecule has 0 bridgehead atoms. The summed E-state index contributed by atoms with van der Waals surface area (Å²) in [6.07, 6.45) is 4.12. The van der Waals surface area contributed by atoms with E-state index in [0.717, 1.165) is 25.5 Å². The quantitative estimate of drug-likeness (QED) is 0.651. The first-order chi connectivity index (χ1) is 11.9. The Morgan fingerprint density at radius 3 is 2.68 bits per heavy atom. The van der Waals surface area contributed by atoms with Crippen molar-refractivity contribution >= 4 is 21.2 Å². The van der Waals surface area contributed by atoms with Crippen molar-refractivity contribution in [3.8, 4) is 0 Å². The molecule has 132 valence electrons. The molecule has 0 radical (unpaired) electrons. The van der Waals surface area contributed by atoms with Gasteiger partial charge in [0.15, 0.2) is 9.84 Å². The molecule has 0 aromatic heterocycles. The lowest BCUT2D eigenvalue weighted by molar-refractivity contribution is -0.386. The van der Waals surface area contributed by atoms with E-state index < -0.39 is 14.8 Å². The second-order valence-electron chi connectivity index (χ2n) is 6.35. The van der Waals surface area contributed by atoms with Crippen molar-refractivity contribution in [2.24, 2.45) is 0 Å². The zero-order valence-electron chi connectivity index (χ0n) is 13.9. The number of rotatable bonds is 5. The molecule has 0 saturated carbocycles. The fourth-order valence-electron chi connectivity index (χ4n) is 3.45. The first-order valence-corrected chi connectivity index (χ1v) is 10.1. The van der Waals surface area contributed by atoms with Crippen LogP contribution in [0, 0.1) is 10.1 Å². The molecule has 6 nitrogen and oxygen atoms in total. The zero-order valence-corrected chi connectivity index (χ0v) is 14.8. The predicted molar refractivity (Wildman–Crippen MR) is 96.8 cm³/mol. The number of fused-ring (bicyclic) bond motifs is 1. The summed E-state index contributed by atoms with van der Waals surface area (Å²) in [5, 5.41) is 14.6. The van der Waals surface area contributed by atoms with Gasteiger partial charge in [0.25, 0.3) is 0 Å². The van der Waals surface area contributed by atoms with Gasteiger partial charge in [0.2, 0.25) is 0 Å². The number of sulfone groups is 1. The fraction of sp³-hybridized carbons (Fsp3) is 0.333. The summed E-state index contributed by atoms with van der Waals surface area (Å²) in [6, 6.07) is 12.6. The van der Waals surface area contributed by atoms with E-state index in [9.17, 15) is 18.5 Å². The molecule has 2 aromatic carbocycles. The predicted octanol–water partition coefficient (Wildman–Crippen LogP) is 3.53. The molecule has 0 fully saturated rings. The molecule has 0 saturated heterocycles. The molecule has 7 heteroatoms. The lowest BCUT2D eigenvalue weighted by Gasteiger charge is -2.26. The molecule has 1 atom stereocenters. The summed E-state index contributed by atoms with van der Waals surface area (Å²) >= 11 is 0. The largest absolute Gasteiger partial charge is 0.379 e. The third-order valence-electron chi connectivity index (χ3n) is 4.61. The standard InChI is InChI=1S/C18H20N2O4S/c1-25(23,24)17-11-5-10-16(18(17)20(21)22)19-12-14-8-4-7-13-6-2-3-9-15(13)14/h2-3,5-6,9-11,14,19H,4,7-8,12H2,1H3. The number of nitro benzene ring substituents is 1. The minimum Gasteiger partial charge on any atom is -0.379 e. The highest BCUT2D eigenvalue weighted by Crippen LogP contribution is 2.35. The molecule has 1 N–H and O–H groups in total. The van der Waals surface area contributed by atoms with E-state index in [0.29, 0.717) is 6.54 Å². The maximum Gasteiger partial charge on any atom is 0.310 e. The van der Waals surface area contributed by atoms with Gasteiger partial charge in [-0.1, -0.05) is 30.3 Å². The number of hydrogen-bond donors (Lipinski definition) is 1. The van der Waals surface area contributed by atoms with Crippen LogP contribution in [0.15, 0.2) is 47.4 Å². The molecule has 3 rings (SSSR count). The number of para-hydroxylation sites is 1. The van der Waals surface area contributed by atoms with Gasteiger partial charge in [-0.25, -0.2) is 8.42 Å². The Labute approximate surface area is 147 Å². The first kappa shape index (κ1) is 17.4. The Kier molecular flexibility index (Phi) is 4.76. The van der Waals surface area contributed by atoms with Gasteiger partial charge < -0.3 is 5.32 Å². The van der Waals surface area contributed by atoms with Crippen LogP contribution in [0.4, 0.5) is 11.4 Å². The maximum absolute atomic E-state index is 11.8. The van der Waals surface area contributed by atoms with Gasteiger partial charge in [0, 0.05) is 18.7 Å². The van der Waals surface area contributed by atoms with Crippen molar-refractivity contribution in [2.75, 3.05) is 18.1 Å². The van der Waals surface area contributed by atoms with E-state index in [1.807, 2.05) is 12.1 Å². The normalized spacial score (nSPS) is 16.9. The van der Waals surface area contributed by atoms with Crippen molar-refractivity contribution < 1.29 is 13.3 Å². The number of nitrogens with zero attached hydrogens (tertiary/aromatic N) is 1. The number of aryl methyl sites for hydroxylation is 1. The molecular formula is C18H20N2O4S. The maximum atomic E-state index is 11.8. The van der Waals surface area contributed by atoms with Crippen molar-refractivity contribution in [3.05, 3.63) is 63.7 Å². The Bertz CT molecular complexity index is 909. The molecule has 2 aromatic rings. The molecule has 1 aliphatic carbocycles. The zero-order chi connectivity index (χ0) is 18.0. The molecular weight excluding hydrogens is 340 g/mol. The first-order valence-electron chi connectivity index (χ1n) is 8.17. The van der Waals surface area contributed by atoms with Crippen molar-refractivity contribution in [1.82, 2.24) is 0 Å². The van der Waals surface area contributed by atoms with E-state index in [1.165, 1.54) is 23.3 Å². The summed E-state index contributed by atoms with van der Waals surface area (Å²) < 4.78 is 23.7. The van der Waals surface area contributed by atoms with Crippen LogP contribution < -0.4 is 5.32 Å². The van der Waals surface area contributed by atoms with Gasteiger partial charge in [-0.2, -0.15) is 0 Å². The Morgan fingerprint density at radius 2 is 1.96 bits per heavy atom. The molecule has 1 aliphatic rings. The number of nitrogens with one attached hydrogen (secondary N) is 1. The Morgan fingerprint density at radius 1 is 1.20 bits per heavy atom. The van der Waals surface area contributed by atoms with Crippen LogP contribution in [0.2, 0.25) is 0 Å². The van der Waals surface area contributed by atoms with E-state index >= 15 is 0 Å². The number of anilines is 1. The third-order valence-corrected chi connectivity index (χ3v) is 5.74. The van der Waals surface area contributed by atoms with E-state index in [1.54, 1.807) is 6.07 Å². The number of hydrogen-bond acceptors (Lipinski definition) is 5. The minimum atomic E-state index is -3.67. The second-order valence-corrected chi connectivity index (χ2v) is 8.33. The lowest BCUT2D eigenvalue weighted by atomic mass is 9.83. The van der Waals surface area contributed by atoms with Crippen LogP contribution in [-0.4, -0.2) is 26.1 Å². The summed E-state index contributed by atoms with van der Waals surface area (Å²) in [5.74, 6) is 0.256. The van der Waals surface area contributed by atoms with Gasteiger partial charge in [0.1, 0.15) is 10.6 Å². The average Bonchev–Trinajstić information content (AvgIpc) is 2.58. The van der Waals surface area contributed by atoms with Crippen LogP contribution in [0.5, 0.6) is 0 Å². The van der Waals surface area contributed by atoms with E-state index in [2.05, 4.69) is 17.4 Å². The van der Waals surface area contributed by atoms with Crippen LogP contribution in [-0.2, 0) is 16.3 Å².